The van der Waals surface area contributed by atoms with Crippen molar-refractivity contribution in [3.8, 4) is 0 Å². The first-order chi connectivity index (χ1) is 12.8. The molecule has 0 saturated heterocycles. The van der Waals surface area contributed by atoms with Crippen molar-refractivity contribution in [1.29, 1.82) is 0 Å². The molecule has 0 aliphatic heterocycles. The monoisotopic (exact) mass is 369 g/mol. The quantitative estimate of drug-likeness (QED) is 0.201. The molecule has 0 aliphatic rings. The Kier molecular flexibility index (Phi) is 22.3. The third-order valence-electron chi connectivity index (χ3n) is 5.07. The maximum Gasteiger partial charge on any atom is 0.0558 e. The maximum absolute atomic E-state index is 8.98. The molecular weight excluding hydrogens is 322 g/mol. The van der Waals surface area contributed by atoms with E-state index in [4.69, 9.17) is 10.2 Å². The molecule has 0 heterocycles. The Labute approximate surface area is 163 Å². The lowest BCUT2D eigenvalue weighted by Crippen LogP contribution is -2.30. The summed E-state index contributed by atoms with van der Waals surface area (Å²) in [5, 5.41) is 18.0. The average Bonchev–Trinajstić information content (AvgIpc) is 2.64. The Morgan fingerprint density at radius 2 is 0.962 bits per heavy atom. The summed E-state index contributed by atoms with van der Waals surface area (Å²) in [6.45, 7) is 5.03. The van der Waals surface area contributed by atoms with E-state index in [0.717, 1.165) is 6.54 Å². The van der Waals surface area contributed by atoms with Gasteiger partial charge < -0.3 is 10.2 Å². The summed E-state index contributed by atoms with van der Waals surface area (Å²) in [6, 6.07) is 0. The van der Waals surface area contributed by atoms with Gasteiger partial charge in [0.25, 0.3) is 0 Å². The Morgan fingerprint density at radius 1 is 0.538 bits per heavy atom. The standard InChI is InChI=1S/C23H47NO2/c1-2-3-4-5-6-7-8-9-10-11-12-13-14-15-16-17-18-19-24(20-22-25)21-23-26/h9-10,25-26H,2-8,11-23H2,1H3. The third kappa shape index (κ3) is 19.9. The van der Waals surface area contributed by atoms with Gasteiger partial charge in [0.05, 0.1) is 13.2 Å². The molecule has 2 N–H and O–H groups in total. The van der Waals surface area contributed by atoms with Crippen LogP contribution in [0.2, 0.25) is 0 Å². The summed E-state index contributed by atoms with van der Waals surface area (Å²) in [4.78, 5) is 2.15. The van der Waals surface area contributed by atoms with Crippen molar-refractivity contribution in [3.05, 3.63) is 12.2 Å². The number of aliphatic hydroxyl groups is 2. The molecule has 0 saturated carbocycles. The van der Waals surface area contributed by atoms with Gasteiger partial charge in [0, 0.05) is 13.1 Å². The summed E-state index contributed by atoms with van der Waals surface area (Å²) in [5.41, 5.74) is 0. The minimum atomic E-state index is 0.188. The number of nitrogens with zero attached hydrogens (tertiary/aromatic N) is 1. The summed E-state index contributed by atoms with van der Waals surface area (Å²) < 4.78 is 0. The largest absolute Gasteiger partial charge is 0.395 e. The van der Waals surface area contributed by atoms with E-state index in [9.17, 15) is 0 Å². The van der Waals surface area contributed by atoms with Crippen LogP contribution in [-0.4, -0.2) is 48.0 Å². The first-order valence-electron chi connectivity index (χ1n) is 11.4. The minimum absolute atomic E-state index is 0.188. The summed E-state index contributed by atoms with van der Waals surface area (Å²) in [7, 11) is 0. The molecule has 3 nitrogen and oxygen atoms in total. The number of hydrogen-bond acceptors (Lipinski definition) is 3. The van der Waals surface area contributed by atoms with Gasteiger partial charge in [0.1, 0.15) is 0 Å². The SMILES string of the molecule is CCCCCCCCC=CCCCCCCCCCN(CCO)CCO. The highest BCUT2D eigenvalue weighted by Crippen LogP contribution is 2.10. The molecule has 0 aliphatic carbocycles. The maximum atomic E-state index is 8.98. The molecule has 0 unspecified atom stereocenters. The fourth-order valence-corrected chi connectivity index (χ4v) is 3.38. The van der Waals surface area contributed by atoms with Crippen molar-refractivity contribution in [2.24, 2.45) is 0 Å². The Bertz CT molecular complexity index is 275. The van der Waals surface area contributed by atoms with Crippen LogP contribution >= 0.6 is 0 Å². The summed E-state index contributed by atoms with van der Waals surface area (Å²) in [5.74, 6) is 0. The molecule has 0 amide bonds. The van der Waals surface area contributed by atoms with Crippen LogP contribution in [0.5, 0.6) is 0 Å². The van der Waals surface area contributed by atoms with Gasteiger partial charge in [-0.2, -0.15) is 0 Å². The van der Waals surface area contributed by atoms with E-state index in [0.29, 0.717) is 13.1 Å². The van der Waals surface area contributed by atoms with Crippen molar-refractivity contribution in [2.75, 3.05) is 32.8 Å². The lowest BCUT2D eigenvalue weighted by Gasteiger charge is -2.19. The van der Waals surface area contributed by atoms with Crippen molar-refractivity contribution in [2.45, 2.75) is 103 Å². The van der Waals surface area contributed by atoms with E-state index in [2.05, 4.69) is 24.0 Å². The van der Waals surface area contributed by atoms with Gasteiger partial charge in [0.2, 0.25) is 0 Å². The molecule has 0 fully saturated rings. The van der Waals surface area contributed by atoms with Gasteiger partial charge in [0.15, 0.2) is 0 Å². The normalized spacial score (nSPS) is 11.8. The van der Waals surface area contributed by atoms with E-state index >= 15 is 0 Å². The molecule has 0 aromatic rings. The lowest BCUT2D eigenvalue weighted by molar-refractivity contribution is 0.159. The number of aliphatic hydroxyl groups excluding tert-OH is 2. The van der Waals surface area contributed by atoms with Crippen LogP contribution in [0.4, 0.5) is 0 Å². The minimum Gasteiger partial charge on any atom is -0.395 e. The van der Waals surface area contributed by atoms with Crippen LogP contribution in [0, 0.1) is 0 Å². The second-order valence-corrected chi connectivity index (χ2v) is 7.58. The average molecular weight is 370 g/mol. The fraction of sp³-hybridized carbons (Fsp3) is 0.913. The first-order valence-corrected chi connectivity index (χ1v) is 11.4. The molecule has 3 heteroatoms. The number of rotatable bonds is 21. The van der Waals surface area contributed by atoms with E-state index in [1.165, 1.54) is 96.3 Å². The lowest BCUT2D eigenvalue weighted by atomic mass is 10.1. The van der Waals surface area contributed by atoms with Crippen molar-refractivity contribution in [1.82, 2.24) is 4.90 Å². The molecule has 0 bridgehead atoms. The summed E-state index contributed by atoms with van der Waals surface area (Å²) in [6.07, 6.45) is 24.9. The third-order valence-corrected chi connectivity index (χ3v) is 5.07. The highest BCUT2D eigenvalue weighted by atomic mass is 16.3. The van der Waals surface area contributed by atoms with E-state index in [1.807, 2.05) is 0 Å². The smallest absolute Gasteiger partial charge is 0.0558 e. The van der Waals surface area contributed by atoms with Gasteiger partial charge in [-0.25, -0.2) is 0 Å². The van der Waals surface area contributed by atoms with Gasteiger partial charge in [-0.3, -0.25) is 4.90 Å². The Hall–Kier alpha value is -0.380. The van der Waals surface area contributed by atoms with Crippen LogP contribution in [0.3, 0.4) is 0 Å². The Morgan fingerprint density at radius 3 is 1.42 bits per heavy atom. The molecule has 26 heavy (non-hydrogen) atoms. The van der Waals surface area contributed by atoms with Crippen LogP contribution in [-0.2, 0) is 0 Å². The predicted molar refractivity (Wildman–Crippen MR) is 115 cm³/mol. The Balaban J connectivity index is 3.22. The highest BCUT2D eigenvalue weighted by Gasteiger charge is 2.02. The number of unbranched alkanes of at least 4 members (excludes halogenated alkanes) is 13. The molecule has 0 rings (SSSR count). The van der Waals surface area contributed by atoms with Crippen LogP contribution in [0.25, 0.3) is 0 Å². The zero-order chi connectivity index (χ0) is 19.1. The van der Waals surface area contributed by atoms with Gasteiger partial charge in [-0.1, -0.05) is 83.3 Å². The van der Waals surface area contributed by atoms with Gasteiger partial charge in [-0.05, 0) is 38.6 Å². The zero-order valence-corrected chi connectivity index (χ0v) is 17.6. The predicted octanol–water partition coefficient (Wildman–Crippen LogP) is 5.70. The molecule has 0 aromatic heterocycles. The van der Waals surface area contributed by atoms with Crippen molar-refractivity contribution >= 4 is 0 Å². The van der Waals surface area contributed by atoms with Crippen LogP contribution in [0.1, 0.15) is 103 Å². The molecule has 0 atom stereocenters. The van der Waals surface area contributed by atoms with Gasteiger partial charge in [-0.15, -0.1) is 0 Å². The zero-order valence-electron chi connectivity index (χ0n) is 17.6. The van der Waals surface area contributed by atoms with Crippen molar-refractivity contribution < 1.29 is 10.2 Å². The fourth-order valence-electron chi connectivity index (χ4n) is 3.38. The molecule has 156 valence electrons. The molecule has 0 radical (unpaired) electrons. The first kappa shape index (κ1) is 25.6. The van der Waals surface area contributed by atoms with Gasteiger partial charge >= 0.3 is 0 Å². The van der Waals surface area contributed by atoms with E-state index in [1.54, 1.807) is 0 Å². The second kappa shape index (κ2) is 22.7. The number of hydrogen-bond donors (Lipinski definition) is 2. The van der Waals surface area contributed by atoms with E-state index < -0.39 is 0 Å². The van der Waals surface area contributed by atoms with Crippen LogP contribution in [0.15, 0.2) is 12.2 Å². The van der Waals surface area contributed by atoms with Crippen LogP contribution < -0.4 is 0 Å². The number of allylic oxidation sites excluding steroid dienone is 2. The van der Waals surface area contributed by atoms with Crippen molar-refractivity contribution in [3.63, 3.8) is 0 Å². The molecular formula is C23H47NO2. The van der Waals surface area contributed by atoms with E-state index in [-0.39, 0.29) is 13.2 Å². The molecule has 0 aromatic carbocycles. The second-order valence-electron chi connectivity index (χ2n) is 7.58. The molecule has 0 spiro atoms. The highest BCUT2D eigenvalue weighted by molar-refractivity contribution is 4.81. The topological polar surface area (TPSA) is 43.7 Å². The summed E-state index contributed by atoms with van der Waals surface area (Å²) >= 11 is 0.